The number of piperidine rings is 3. The molecule has 3 heterocycles. The molecule has 1 aromatic rings. The molecule has 1 aliphatic carbocycles. The quantitative estimate of drug-likeness (QED) is 0.576. The lowest BCUT2D eigenvalue weighted by atomic mass is 9.65. The number of nitrogen functional groups attached to an aromatic ring is 1. The summed E-state index contributed by atoms with van der Waals surface area (Å²) in [5.41, 5.74) is 6.75. The molecule has 152 valence electrons. The van der Waals surface area contributed by atoms with Crippen LogP contribution in [0.3, 0.4) is 0 Å². The van der Waals surface area contributed by atoms with Crippen LogP contribution in [0.15, 0.2) is 12.1 Å². The zero-order chi connectivity index (χ0) is 19.1. The Bertz CT molecular complexity index is 790. The molecule has 1 aromatic carbocycles. The molecular weight excluding hydrogens is 397 g/mol. The van der Waals surface area contributed by atoms with E-state index in [0.29, 0.717) is 33.9 Å². The molecule has 7 heteroatoms. The Kier molecular flexibility index (Phi) is 6.34. The molecule has 3 aliphatic heterocycles. The molecule has 4 aliphatic rings. The first kappa shape index (κ1) is 21.1. The molecule has 4 fully saturated rings. The largest absolute Gasteiger partial charge is 0.477 e. The minimum absolute atomic E-state index is 0. The summed E-state index contributed by atoms with van der Waals surface area (Å²) >= 11 is 6.20. The molecule has 2 unspecified atom stereocenters. The predicted octanol–water partition coefficient (Wildman–Crippen LogP) is 3.20. The standard InChI is InChI=1S/C21H26ClN3O2.ClH/c1-3-4-12(2)27-19-8-18(23)17(22)7-16(19)21(26)24-20-14-5-13-6-15(20)11-25(9-13)10-14;/h7-8,12-15,20H,5-6,9-11,23H2,1-2H3,(H,24,26);1H/t12-,13?,14?,15?,20?;/m0./s1. The van der Waals surface area contributed by atoms with E-state index in [1.165, 1.54) is 19.4 Å². The summed E-state index contributed by atoms with van der Waals surface area (Å²) in [6, 6.07) is 3.45. The van der Waals surface area contributed by atoms with Crippen LogP contribution in [0, 0.1) is 29.6 Å². The van der Waals surface area contributed by atoms with Crippen LogP contribution in [-0.2, 0) is 0 Å². The van der Waals surface area contributed by atoms with Crippen molar-refractivity contribution in [3.8, 4) is 17.6 Å². The molecule has 5 nitrogen and oxygen atoms in total. The smallest absolute Gasteiger partial charge is 0.255 e. The Morgan fingerprint density at radius 1 is 1.32 bits per heavy atom. The Morgan fingerprint density at radius 3 is 2.61 bits per heavy atom. The Hall–Kier alpha value is -1.61. The van der Waals surface area contributed by atoms with Gasteiger partial charge in [0.25, 0.3) is 5.91 Å². The van der Waals surface area contributed by atoms with Gasteiger partial charge in [-0.15, -0.1) is 18.3 Å². The third-order valence-corrected chi connectivity index (χ3v) is 6.41. The fraction of sp³-hybridized carbons (Fsp3) is 0.571. The summed E-state index contributed by atoms with van der Waals surface area (Å²) in [5, 5.41) is 3.65. The van der Waals surface area contributed by atoms with Gasteiger partial charge in [0.15, 0.2) is 6.10 Å². The average Bonchev–Trinajstić information content (AvgIpc) is 2.60. The predicted molar refractivity (Wildman–Crippen MR) is 114 cm³/mol. The third-order valence-electron chi connectivity index (χ3n) is 6.08. The number of hydrogen-bond acceptors (Lipinski definition) is 4. The van der Waals surface area contributed by atoms with E-state index in [1.54, 1.807) is 19.1 Å². The van der Waals surface area contributed by atoms with E-state index in [-0.39, 0.29) is 30.5 Å². The van der Waals surface area contributed by atoms with Crippen molar-refractivity contribution in [2.45, 2.75) is 38.8 Å². The molecule has 3 N–H and O–H groups in total. The minimum atomic E-state index is -0.337. The second kappa shape index (κ2) is 8.41. The van der Waals surface area contributed by atoms with Crippen molar-refractivity contribution in [1.82, 2.24) is 10.2 Å². The molecule has 4 bridgehead atoms. The lowest BCUT2D eigenvalue weighted by Gasteiger charge is -2.55. The highest BCUT2D eigenvalue weighted by atomic mass is 35.5. The van der Waals surface area contributed by atoms with E-state index >= 15 is 0 Å². The first-order chi connectivity index (χ1) is 12.9. The number of benzene rings is 1. The number of hydrogen-bond donors (Lipinski definition) is 2. The highest BCUT2D eigenvalue weighted by Gasteiger charge is 2.48. The third kappa shape index (κ3) is 4.05. The van der Waals surface area contributed by atoms with Crippen LogP contribution in [0.5, 0.6) is 5.75 Å². The number of nitrogens with zero attached hydrogens (tertiary/aromatic N) is 1. The van der Waals surface area contributed by atoms with E-state index in [1.807, 2.05) is 6.92 Å². The van der Waals surface area contributed by atoms with Crippen molar-refractivity contribution < 1.29 is 9.53 Å². The summed E-state index contributed by atoms with van der Waals surface area (Å²) in [7, 11) is 0. The highest BCUT2D eigenvalue weighted by molar-refractivity contribution is 6.33. The van der Waals surface area contributed by atoms with Gasteiger partial charge in [-0.1, -0.05) is 17.5 Å². The molecule has 3 atom stereocenters. The molecule has 1 amide bonds. The first-order valence-corrected chi connectivity index (χ1v) is 10.0. The van der Waals surface area contributed by atoms with Gasteiger partial charge in [0.1, 0.15) is 5.75 Å². The Labute approximate surface area is 177 Å². The van der Waals surface area contributed by atoms with Gasteiger partial charge in [-0.2, -0.15) is 0 Å². The van der Waals surface area contributed by atoms with Crippen LogP contribution in [-0.4, -0.2) is 42.6 Å². The highest BCUT2D eigenvalue weighted by Crippen LogP contribution is 2.43. The van der Waals surface area contributed by atoms with E-state index in [4.69, 9.17) is 22.1 Å². The average molecular weight is 424 g/mol. The first-order valence-electron chi connectivity index (χ1n) is 9.65. The van der Waals surface area contributed by atoms with Crippen LogP contribution < -0.4 is 15.8 Å². The molecule has 3 saturated heterocycles. The van der Waals surface area contributed by atoms with Crippen LogP contribution in [0.25, 0.3) is 0 Å². The number of rotatable bonds is 4. The van der Waals surface area contributed by atoms with Crippen molar-refractivity contribution in [2.24, 2.45) is 17.8 Å². The number of nitrogens with two attached hydrogens (primary N) is 1. The summed E-state index contributed by atoms with van der Waals surface area (Å²) in [6.45, 7) is 7.01. The molecule has 1 saturated carbocycles. The Morgan fingerprint density at radius 2 is 2.00 bits per heavy atom. The molecule has 28 heavy (non-hydrogen) atoms. The number of amides is 1. The van der Waals surface area contributed by atoms with Crippen molar-refractivity contribution >= 4 is 35.6 Å². The molecule has 0 spiro atoms. The van der Waals surface area contributed by atoms with Crippen LogP contribution in [0.2, 0.25) is 5.02 Å². The summed E-state index contributed by atoms with van der Waals surface area (Å²) in [6.07, 6.45) is 2.09. The van der Waals surface area contributed by atoms with Crippen molar-refractivity contribution in [3.63, 3.8) is 0 Å². The number of nitrogens with one attached hydrogen (secondary N) is 1. The molecular formula is C21H27Cl2N3O2. The van der Waals surface area contributed by atoms with Gasteiger partial charge in [-0.05, 0) is 50.5 Å². The van der Waals surface area contributed by atoms with Gasteiger partial charge in [-0.25, -0.2) is 0 Å². The van der Waals surface area contributed by atoms with Crippen LogP contribution >= 0.6 is 24.0 Å². The molecule has 0 radical (unpaired) electrons. The summed E-state index contributed by atoms with van der Waals surface area (Å²) < 4.78 is 5.87. The van der Waals surface area contributed by atoms with Gasteiger partial charge >= 0.3 is 0 Å². The van der Waals surface area contributed by atoms with Gasteiger partial charge < -0.3 is 20.7 Å². The van der Waals surface area contributed by atoms with Crippen molar-refractivity contribution in [3.05, 3.63) is 22.7 Å². The zero-order valence-electron chi connectivity index (χ0n) is 16.2. The van der Waals surface area contributed by atoms with Gasteiger partial charge in [0, 0.05) is 31.7 Å². The number of halogens is 2. The maximum atomic E-state index is 13.1. The van der Waals surface area contributed by atoms with E-state index in [9.17, 15) is 4.79 Å². The van der Waals surface area contributed by atoms with Crippen LogP contribution in [0.1, 0.15) is 37.0 Å². The Balaban J connectivity index is 0.00000225. The second-order valence-electron chi connectivity index (χ2n) is 8.10. The summed E-state index contributed by atoms with van der Waals surface area (Å²) in [4.78, 5) is 15.7. The molecule has 0 aromatic heterocycles. The van der Waals surface area contributed by atoms with Gasteiger partial charge in [0.05, 0.1) is 16.3 Å². The second-order valence-corrected chi connectivity index (χ2v) is 8.51. The van der Waals surface area contributed by atoms with Gasteiger partial charge in [-0.3, -0.25) is 4.79 Å². The maximum Gasteiger partial charge on any atom is 0.255 e. The van der Waals surface area contributed by atoms with Gasteiger partial charge in [0.2, 0.25) is 0 Å². The molecule has 5 rings (SSSR count). The minimum Gasteiger partial charge on any atom is -0.477 e. The normalized spacial score (nSPS) is 30.6. The summed E-state index contributed by atoms with van der Waals surface area (Å²) in [5.74, 6) is 7.93. The number of ether oxygens (including phenoxy) is 1. The van der Waals surface area contributed by atoms with E-state index in [2.05, 4.69) is 22.1 Å². The van der Waals surface area contributed by atoms with E-state index < -0.39 is 0 Å². The topological polar surface area (TPSA) is 67.6 Å². The lowest BCUT2D eigenvalue weighted by Crippen LogP contribution is -2.64. The fourth-order valence-electron chi connectivity index (χ4n) is 5.14. The lowest BCUT2D eigenvalue weighted by molar-refractivity contribution is -0.0419. The zero-order valence-corrected chi connectivity index (χ0v) is 17.8. The number of carbonyl (C=O) groups is 1. The van der Waals surface area contributed by atoms with E-state index in [0.717, 1.165) is 19.0 Å². The SMILES string of the molecule is CC#C[C@H](C)Oc1cc(N)c(Cl)cc1C(=O)NC1C2CC3CC1CN(C3)C2.Cl. The van der Waals surface area contributed by atoms with Crippen molar-refractivity contribution in [2.75, 3.05) is 25.4 Å². The number of carbonyl (C=O) groups excluding carboxylic acids is 1. The number of anilines is 1. The fourth-order valence-corrected chi connectivity index (χ4v) is 5.30. The monoisotopic (exact) mass is 423 g/mol. The maximum absolute atomic E-state index is 13.1. The van der Waals surface area contributed by atoms with Crippen molar-refractivity contribution in [1.29, 1.82) is 0 Å². The van der Waals surface area contributed by atoms with Crippen LogP contribution in [0.4, 0.5) is 5.69 Å².